The first-order chi connectivity index (χ1) is 10.0. The van der Waals surface area contributed by atoms with Crippen molar-refractivity contribution in [1.82, 2.24) is 5.32 Å². The third-order valence-corrected chi connectivity index (χ3v) is 5.10. The minimum Gasteiger partial charge on any atom is -0.364 e. The van der Waals surface area contributed by atoms with Crippen molar-refractivity contribution in [2.75, 3.05) is 13.1 Å². The van der Waals surface area contributed by atoms with Gasteiger partial charge in [-0.1, -0.05) is 26.0 Å². The molecule has 1 N–H and O–H groups in total. The summed E-state index contributed by atoms with van der Waals surface area (Å²) in [6.45, 7) is 6.54. The van der Waals surface area contributed by atoms with Crippen molar-refractivity contribution < 1.29 is 4.74 Å². The largest absolute Gasteiger partial charge is 0.364 e. The lowest BCUT2D eigenvalue weighted by molar-refractivity contribution is -0.147. The molecule has 1 spiro atoms. The number of nitrogens with one attached hydrogen (secondary N) is 1. The number of hydrogen-bond acceptors (Lipinski definition) is 3. The molecule has 0 aromatic heterocycles. The van der Waals surface area contributed by atoms with Crippen LogP contribution in [0.2, 0.25) is 0 Å². The summed E-state index contributed by atoms with van der Waals surface area (Å²) < 4.78 is 6.52. The van der Waals surface area contributed by atoms with Crippen molar-refractivity contribution in [1.29, 1.82) is 5.26 Å². The molecule has 1 heterocycles. The van der Waals surface area contributed by atoms with E-state index >= 15 is 0 Å². The second-order valence-electron chi connectivity index (χ2n) is 7.32. The van der Waals surface area contributed by atoms with E-state index in [1.54, 1.807) is 0 Å². The smallest absolute Gasteiger partial charge is 0.0991 e. The van der Waals surface area contributed by atoms with Crippen LogP contribution in [-0.4, -0.2) is 18.7 Å². The van der Waals surface area contributed by atoms with E-state index in [4.69, 9.17) is 10.00 Å². The molecule has 1 saturated heterocycles. The van der Waals surface area contributed by atoms with E-state index in [2.05, 4.69) is 25.2 Å². The molecule has 0 bridgehead atoms. The summed E-state index contributed by atoms with van der Waals surface area (Å²) in [4.78, 5) is 0. The maximum absolute atomic E-state index is 8.89. The van der Waals surface area contributed by atoms with E-state index in [9.17, 15) is 0 Å². The van der Waals surface area contributed by atoms with Gasteiger partial charge in [-0.25, -0.2) is 0 Å². The second kappa shape index (κ2) is 5.44. The average molecular weight is 284 g/mol. The molecule has 1 aromatic carbocycles. The van der Waals surface area contributed by atoms with Crippen LogP contribution in [0.3, 0.4) is 0 Å². The Morgan fingerprint density at radius 1 is 1.14 bits per heavy atom. The zero-order valence-electron chi connectivity index (χ0n) is 13.0. The van der Waals surface area contributed by atoms with Crippen molar-refractivity contribution >= 4 is 0 Å². The van der Waals surface area contributed by atoms with Crippen LogP contribution < -0.4 is 5.32 Å². The number of nitriles is 1. The Kier molecular flexibility index (Phi) is 3.77. The Morgan fingerprint density at radius 2 is 1.81 bits per heavy atom. The molecule has 1 aliphatic heterocycles. The van der Waals surface area contributed by atoms with E-state index in [1.807, 2.05) is 24.3 Å². The SMILES string of the molecule is CC1(C)CCC2(CC1)CNCC(c1ccc(C#N)cc1)O2. The quantitative estimate of drug-likeness (QED) is 0.857. The Balaban J connectivity index is 1.72. The fourth-order valence-electron chi connectivity index (χ4n) is 3.45. The first-order valence-corrected chi connectivity index (χ1v) is 7.91. The van der Waals surface area contributed by atoms with E-state index in [0.717, 1.165) is 25.9 Å². The van der Waals surface area contributed by atoms with Crippen molar-refractivity contribution in [3.05, 3.63) is 35.4 Å². The molecule has 112 valence electrons. The fourth-order valence-corrected chi connectivity index (χ4v) is 3.45. The van der Waals surface area contributed by atoms with Gasteiger partial charge in [-0.2, -0.15) is 5.26 Å². The number of hydrogen-bond donors (Lipinski definition) is 1. The molecule has 0 amide bonds. The molecule has 1 aliphatic carbocycles. The third kappa shape index (κ3) is 3.12. The Morgan fingerprint density at radius 3 is 2.43 bits per heavy atom. The highest BCUT2D eigenvalue weighted by Crippen LogP contribution is 2.44. The highest BCUT2D eigenvalue weighted by molar-refractivity contribution is 5.32. The molecular weight excluding hydrogens is 260 g/mol. The summed E-state index contributed by atoms with van der Waals surface area (Å²) in [6, 6.07) is 9.97. The van der Waals surface area contributed by atoms with E-state index in [1.165, 1.54) is 18.4 Å². The van der Waals surface area contributed by atoms with Crippen molar-refractivity contribution in [3.63, 3.8) is 0 Å². The minimum absolute atomic E-state index is 0.00629. The fraction of sp³-hybridized carbons (Fsp3) is 0.611. The normalized spacial score (nSPS) is 27.2. The van der Waals surface area contributed by atoms with E-state index in [0.29, 0.717) is 11.0 Å². The highest BCUT2D eigenvalue weighted by atomic mass is 16.5. The Hall–Kier alpha value is -1.37. The summed E-state index contributed by atoms with van der Waals surface area (Å²) in [5.41, 5.74) is 2.34. The lowest BCUT2D eigenvalue weighted by atomic mass is 9.70. The van der Waals surface area contributed by atoms with Crippen LogP contribution in [0.5, 0.6) is 0 Å². The monoisotopic (exact) mass is 284 g/mol. The molecule has 3 rings (SSSR count). The number of rotatable bonds is 1. The molecule has 21 heavy (non-hydrogen) atoms. The molecular formula is C18H24N2O. The number of nitrogens with zero attached hydrogens (tertiary/aromatic N) is 1. The molecule has 2 aliphatic rings. The Labute approximate surface area is 127 Å². The lowest BCUT2D eigenvalue weighted by Crippen LogP contribution is -2.53. The van der Waals surface area contributed by atoms with Crippen LogP contribution in [0.1, 0.15) is 56.8 Å². The molecule has 3 heteroatoms. The van der Waals surface area contributed by atoms with Crippen LogP contribution in [0.25, 0.3) is 0 Å². The van der Waals surface area contributed by atoms with E-state index in [-0.39, 0.29) is 11.7 Å². The molecule has 1 aromatic rings. The maximum atomic E-state index is 8.89. The summed E-state index contributed by atoms with van der Waals surface area (Å²) in [6.07, 6.45) is 4.84. The summed E-state index contributed by atoms with van der Waals surface area (Å²) in [5.74, 6) is 0. The van der Waals surface area contributed by atoms with Gasteiger partial charge in [-0.3, -0.25) is 0 Å². The standard InChI is InChI=1S/C18H24N2O/c1-17(2)7-9-18(10-8-17)13-20-12-16(21-18)15-5-3-14(11-19)4-6-15/h3-6,16,20H,7-10,12-13H2,1-2H3. The highest BCUT2D eigenvalue weighted by Gasteiger charge is 2.42. The van der Waals surface area contributed by atoms with Crippen LogP contribution in [-0.2, 0) is 4.74 Å². The predicted octanol–water partition coefficient (Wildman–Crippen LogP) is 3.56. The van der Waals surface area contributed by atoms with Gasteiger partial charge in [-0.15, -0.1) is 0 Å². The number of ether oxygens (including phenoxy) is 1. The van der Waals surface area contributed by atoms with Gasteiger partial charge in [0.2, 0.25) is 0 Å². The average Bonchev–Trinajstić information content (AvgIpc) is 2.51. The number of benzene rings is 1. The second-order valence-corrected chi connectivity index (χ2v) is 7.32. The summed E-state index contributed by atoms with van der Waals surface area (Å²) >= 11 is 0. The van der Waals surface area contributed by atoms with Crippen molar-refractivity contribution in [3.8, 4) is 6.07 Å². The van der Waals surface area contributed by atoms with Gasteiger partial charge in [0.25, 0.3) is 0 Å². The molecule has 2 fully saturated rings. The molecule has 1 unspecified atom stereocenters. The Bertz CT molecular complexity index is 531. The minimum atomic E-state index is 0.00629. The third-order valence-electron chi connectivity index (χ3n) is 5.10. The van der Waals surface area contributed by atoms with Crippen molar-refractivity contribution in [2.24, 2.45) is 5.41 Å². The first kappa shape index (κ1) is 14.6. The van der Waals surface area contributed by atoms with Gasteiger partial charge in [0, 0.05) is 13.1 Å². The topological polar surface area (TPSA) is 45.0 Å². The first-order valence-electron chi connectivity index (χ1n) is 7.91. The van der Waals surface area contributed by atoms with E-state index < -0.39 is 0 Å². The zero-order chi connectivity index (χ0) is 14.9. The van der Waals surface area contributed by atoms with Crippen LogP contribution in [0.4, 0.5) is 0 Å². The van der Waals surface area contributed by atoms with Crippen LogP contribution >= 0.6 is 0 Å². The molecule has 1 saturated carbocycles. The van der Waals surface area contributed by atoms with Gasteiger partial charge in [0.15, 0.2) is 0 Å². The van der Waals surface area contributed by atoms with Gasteiger partial charge in [-0.05, 0) is 48.8 Å². The van der Waals surface area contributed by atoms with Gasteiger partial charge in [0.1, 0.15) is 0 Å². The van der Waals surface area contributed by atoms with Gasteiger partial charge in [0.05, 0.1) is 23.3 Å². The predicted molar refractivity (Wildman–Crippen MR) is 82.8 cm³/mol. The molecule has 0 radical (unpaired) electrons. The van der Waals surface area contributed by atoms with Gasteiger partial charge >= 0.3 is 0 Å². The number of morpholine rings is 1. The van der Waals surface area contributed by atoms with Gasteiger partial charge < -0.3 is 10.1 Å². The molecule has 1 atom stereocenters. The van der Waals surface area contributed by atoms with Crippen molar-refractivity contribution in [2.45, 2.75) is 51.2 Å². The summed E-state index contributed by atoms with van der Waals surface area (Å²) in [5, 5.41) is 12.5. The summed E-state index contributed by atoms with van der Waals surface area (Å²) in [7, 11) is 0. The maximum Gasteiger partial charge on any atom is 0.0991 e. The lowest BCUT2D eigenvalue weighted by Gasteiger charge is -2.48. The van der Waals surface area contributed by atoms with Crippen LogP contribution in [0.15, 0.2) is 24.3 Å². The van der Waals surface area contributed by atoms with Crippen LogP contribution in [0, 0.1) is 16.7 Å². The zero-order valence-corrected chi connectivity index (χ0v) is 13.0. The molecule has 3 nitrogen and oxygen atoms in total.